The number of hydrogen-bond donors (Lipinski definition) is 0. The highest BCUT2D eigenvalue weighted by atomic mass is 16.5. The summed E-state index contributed by atoms with van der Waals surface area (Å²) in [6.45, 7) is 0. The van der Waals surface area contributed by atoms with E-state index >= 15 is 0 Å². The molecule has 3 saturated carbocycles. The Morgan fingerprint density at radius 2 is 1.45 bits per heavy atom. The maximum absolute atomic E-state index is 7.03. The van der Waals surface area contributed by atoms with Crippen molar-refractivity contribution in [3.63, 3.8) is 0 Å². The molecule has 12 rings (SSSR count). The summed E-state index contributed by atoms with van der Waals surface area (Å²) in [5.41, 5.74) is 12.9. The molecule has 0 radical (unpaired) electrons. The zero-order chi connectivity index (χ0) is 38.2. The fourth-order valence-electron chi connectivity index (χ4n) is 13.8. The molecule has 2 nitrogen and oxygen atoms in total. The molecule has 9 atom stereocenters. The van der Waals surface area contributed by atoms with E-state index in [2.05, 4.69) is 121 Å². The SMILES string of the molecule is C1=CC2C(C3CC(C4CCc5cc(C6CCCCC6)ccc5C4)CC(C4CCCC5Oc6ccccc6C54)C3)=Cc3c(oc4c(-c5ccccc5)cccc34)C2C=C1. The molecule has 294 valence electrons. The Kier molecular flexibility index (Phi) is 8.92. The van der Waals surface area contributed by atoms with Gasteiger partial charge in [-0.25, -0.2) is 0 Å². The van der Waals surface area contributed by atoms with Gasteiger partial charge >= 0.3 is 0 Å². The average molecular weight is 763 g/mol. The fourth-order valence-corrected chi connectivity index (χ4v) is 13.8. The van der Waals surface area contributed by atoms with Crippen LogP contribution in [-0.4, -0.2) is 6.10 Å². The van der Waals surface area contributed by atoms with Gasteiger partial charge in [-0.2, -0.15) is 0 Å². The Bertz CT molecular complexity index is 2420. The Hall–Kier alpha value is -4.56. The second-order valence-electron chi connectivity index (χ2n) is 19.5. The van der Waals surface area contributed by atoms with E-state index < -0.39 is 0 Å². The Morgan fingerprint density at radius 1 is 0.603 bits per heavy atom. The molecular formula is C56H58O2. The smallest absolute Gasteiger partial charge is 0.142 e. The van der Waals surface area contributed by atoms with Gasteiger partial charge in [-0.1, -0.05) is 140 Å². The summed E-state index contributed by atoms with van der Waals surface area (Å²) < 4.78 is 13.8. The highest BCUT2D eigenvalue weighted by molar-refractivity contribution is 5.99. The topological polar surface area (TPSA) is 22.4 Å². The van der Waals surface area contributed by atoms with Crippen LogP contribution < -0.4 is 4.74 Å². The van der Waals surface area contributed by atoms with Crippen molar-refractivity contribution in [3.8, 4) is 16.9 Å². The monoisotopic (exact) mass is 762 g/mol. The van der Waals surface area contributed by atoms with E-state index in [1.165, 1.54) is 118 Å². The molecule has 0 saturated heterocycles. The van der Waals surface area contributed by atoms with E-state index in [1.54, 1.807) is 22.3 Å². The second-order valence-corrected chi connectivity index (χ2v) is 19.5. The lowest BCUT2D eigenvalue weighted by Crippen LogP contribution is -2.40. The van der Waals surface area contributed by atoms with Crippen molar-refractivity contribution < 1.29 is 9.15 Å². The third-order valence-electron chi connectivity index (χ3n) is 16.5. The number of ether oxygens (including phenoxy) is 1. The number of furan rings is 1. The molecule has 0 N–H and O–H groups in total. The Labute approximate surface area is 345 Å². The van der Waals surface area contributed by atoms with Gasteiger partial charge in [0, 0.05) is 39.8 Å². The highest BCUT2D eigenvalue weighted by Gasteiger charge is 2.49. The predicted molar refractivity (Wildman–Crippen MR) is 237 cm³/mol. The average Bonchev–Trinajstić information content (AvgIpc) is 3.88. The molecule has 0 spiro atoms. The van der Waals surface area contributed by atoms with Crippen molar-refractivity contribution in [1.82, 2.24) is 0 Å². The van der Waals surface area contributed by atoms with Gasteiger partial charge in [-0.15, -0.1) is 0 Å². The zero-order valence-corrected chi connectivity index (χ0v) is 34.0. The van der Waals surface area contributed by atoms with E-state index in [9.17, 15) is 0 Å². The van der Waals surface area contributed by atoms with Gasteiger partial charge in [-0.3, -0.25) is 0 Å². The molecule has 1 aliphatic heterocycles. The minimum atomic E-state index is 0.240. The Morgan fingerprint density at radius 3 is 2.36 bits per heavy atom. The molecule has 2 heteroatoms. The number of allylic oxidation sites excluding steroid dienone is 5. The molecule has 6 aliphatic carbocycles. The van der Waals surface area contributed by atoms with Crippen LogP contribution in [0.25, 0.3) is 28.2 Å². The summed E-state index contributed by atoms with van der Waals surface area (Å²) in [5.74, 6) is 7.67. The fraction of sp³-hybridized carbons (Fsp3) is 0.429. The Balaban J connectivity index is 0.922. The first kappa shape index (κ1) is 35.4. The molecular weight excluding hydrogens is 705 g/mol. The summed E-state index contributed by atoms with van der Waals surface area (Å²) >= 11 is 0. The van der Waals surface area contributed by atoms with E-state index in [-0.39, 0.29) is 5.92 Å². The molecule has 0 amide bonds. The minimum Gasteiger partial charge on any atom is -0.489 e. The number of benzene rings is 4. The third-order valence-corrected chi connectivity index (χ3v) is 16.5. The lowest BCUT2D eigenvalue weighted by atomic mass is 9.57. The van der Waals surface area contributed by atoms with E-state index in [0.717, 1.165) is 34.8 Å². The van der Waals surface area contributed by atoms with Crippen LogP contribution >= 0.6 is 0 Å². The normalized spacial score (nSPS) is 31.4. The molecule has 2 heterocycles. The van der Waals surface area contributed by atoms with Crippen molar-refractivity contribution in [2.45, 2.75) is 114 Å². The lowest BCUT2D eigenvalue weighted by Gasteiger charge is -2.48. The van der Waals surface area contributed by atoms with Gasteiger partial charge in [0.25, 0.3) is 0 Å². The summed E-state index contributed by atoms with van der Waals surface area (Å²) in [4.78, 5) is 0. The van der Waals surface area contributed by atoms with Gasteiger partial charge < -0.3 is 9.15 Å². The van der Waals surface area contributed by atoms with Gasteiger partial charge in [0.1, 0.15) is 23.2 Å². The predicted octanol–water partition coefficient (Wildman–Crippen LogP) is 14.6. The summed E-state index contributed by atoms with van der Waals surface area (Å²) in [7, 11) is 0. The minimum absolute atomic E-state index is 0.240. The van der Waals surface area contributed by atoms with Crippen LogP contribution in [0.3, 0.4) is 0 Å². The number of aryl methyl sites for hydroxylation is 1. The maximum Gasteiger partial charge on any atom is 0.142 e. The van der Waals surface area contributed by atoms with Crippen LogP contribution in [0.5, 0.6) is 5.75 Å². The third kappa shape index (κ3) is 6.02. The first-order chi connectivity index (χ1) is 28.7. The van der Waals surface area contributed by atoms with Crippen molar-refractivity contribution in [2.24, 2.45) is 35.5 Å². The van der Waals surface area contributed by atoms with Gasteiger partial charge in [-0.05, 0) is 134 Å². The molecule has 7 aliphatic rings. The van der Waals surface area contributed by atoms with Crippen molar-refractivity contribution in [3.05, 3.63) is 154 Å². The molecule has 4 aromatic carbocycles. The summed E-state index contributed by atoms with van der Waals surface area (Å²) in [6.07, 6.45) is 31.2. The van der Waals surface area contributed by atoms with E-state index in [1.807, 2.05) is 0 Å². The van der Waals surface area contributed by atoms with Crippen LogP contribution in [-0.2, 0) is 12.8 Å². The second kappa shape index (κ2) is 14.6. The van der Waals surface area contributed by atoms with Crippen molar-refractivity contribution in [1.29, 1.82) is 0 Å². The van der Waals surface area contributed by atoms with E-state index in [4.69, 9.17) is 9.15 Å². The lowest BCUT2D eigenvalue weighted by molar-refractivity contribution is 0.0487. The maximum atomic E-state index is 7.03. The first-order valence-corrected chi connectivity index (χ1v) is 23.3. The number of para-hydroxylation sites is 2. The van der Waals surface area contributed by atoms with Crippen LogP contribution in [0.1, 0.15) is 128 Å². The number of fused-ring (bicyclic) bond motifs is 9. The van der Waals surface area contributed by atoms with Crippen LogP contribution in [0, 0.1) is 35.5 Å². The highest BCUT2D eigenvalue weighted by Crippen LogP contribution is 2.58. The van der Waals surface area contributed by atoms with Crippen molar-refractivity contribution in [2.75, 3.05) is 0 Å². The largest absolute Gasteiger partial charge is 0.489 e. The van der Waals surface area contributed by atoms with Crippen LogP contribution in [0.4, 0.5) is 0 Å². The van der Waals surface area contributed by atoms with Crippen LogP contribution in [0.2, 0.25) is 0 Å². The standard InChI is InChI=1S/C56H58O2/c1-3-13-35(14-4-1)37-25-26-39-30-40(28-27-38(39)29-37)41-31-42(44-20-12-24-53-54(44)49-19-9-10-23-52(49)57-53)33-43(32-41)50-34-51-48-22-11-21-45(36-15-5-2-6-16-36)55(48)58-56(51)47-18-8-7-17-46(47)50/h2,5-11,15-19,21-23,25-26,29,34-35,40-44,46-47,53-54H,1,3-4,12-14,20,24,27-28,30-33H2. The van der Waals surface area contributed by atoms with E-state index in [0.29, 0.717) is 35.7 Å². The first-order valence-electron chi connectivity index (χ1n) is 23.3. The van der Waals surface area contributed by atoms with Crippen LogP contribution in [0.15, 0.2) is 125 Å². The quantitative estimate of drug-likeness (QED) is 0.178. The van der Waals surface area contributed by atoms with Gasteiger partial charge in [0.2, 0.25) is 0 Å². The molecule has 3 fully saturated rings. The molecule has 58 heavy (non-hydrogen) atoms. The summed E-state index contributed by atoms with van der Waals surface area (Å²) in [6, 6.07) is 34.4. The number of rotatable bonds is 5. The number of hydrogen-bond acceptors (Lipinski definition) is 2. The molecule has 1 aromatic heterocycles. The van der Waals surface area contributed by atoms with Crippen molar-refractivity contribution >= 4 is 17.0 Å². The van der Waals surface area contributed by atoms with Gasteiger partial charge in [0.05, 0.1) is 0 Å². The van der Waals surface area contributed by atoms with Gasteiger partial charge in [0.15, 0.2) is 0 Å². The molecule has 0 bridgehead atoms. The molecule has 9 unspecified atom stereocenters. The summed E-state index contributed by atoms with van der Waals surface area (Å²) in [5, 5.41) is 1.27. The molecule has 5 aromatic rings. The zero-order valence-electron chi connectivity index (χ0n) is 34.0.